The second-order valence-corrected chi connectivity index (χ2v) is 9.37. The van der Waals surface area contributed by atoms with Crippen molar-refractivity contribution >= 4 is 28.3 Å². The lowest BCUT2D eigenvalue weighted by Crippen LogP contribution is -2.30. The van der Waals surface area contributed by atoms with Gasteiger partial charge in [-0.3, -0.25) is 14.2 Å². The van der Waals surface area contributed by atoms with E-state index in [2.05, 4.69) is 19.7 Å². The monoisotopic (exact) mass is 477 g/mol. The van der Waals surface area contributed by atoms with Gasteiger partial charge >= 0.3 is 0 Å². The lowest BCUT2D eigenvalue weighted by atomic mass is 9.81. The molecule has 1 aliphatic rings. The summed E-state index contributed by atoms with van der Waals surface area (Å²) in [5.41, 5.74) is 12.3. The van der Waals surface area contributed by atoms with E-state index in [1.807, 2.05) is 54.7 Å². The molecule has 2 aromatic carbocycles. The standard InChI is InChI=1S/C28H27N7O/c1-30-28(36)19-9-7-18(8-10-19)27-32-15-25-26(29)34-24(16-35(25)27)20-11-12-21-22(13-20)33-23(14-31-21)17-5-3-2-4-6-17/h2-6,11-16,18-19H,7-10H2,1H3,(H2,29,34)(H,30,36). The van der Waals surface area contributed by atoms with Crippen molar-refractivity contribution in [2.75, 3.05) is 12.8 Å². The molecule has 0 atom stereocenters. The van der Waals surface area contributed by atoms with Crippen molar-refractivity contribution in [2.45, 2.75) is 31.6 Å². The minimum absolute atomic E-state index is 0.0826. The molecule has 36 heavy (non-hydrogen) atoms. The number of fused-ring (bicyclic) bond motifs is 2. The third kappa shape index (κ3) is 3.94. The zero-order chi connectivity index (χ0) is 24.6. The van der Waals surface area contributed by atoms with Crippen LogP contribution in [0.5, 0.6) is 0 Å². The Morgan fingerprint density at radius 2 is 1.72 bits per heavy atom. The van der Waals surface area contributed by atoms with Crippen LogP contribution in [-0.2, 0) is 4.79 Å². The third-order valence-electron chi connectivity index (χ3n) is 7.20. The van der Waals surface area contributed by atoms with Crippen LogP contribution in [0.1, 0.15) is 37.4 Å². The summed E-state index contributed by atoms with van der Waals surface area (Å²) in [4.78, 5) is 30.9. The highest BCUT2D eigenvalue weighted by molar-refractivity contribution is 5.83. The molecule has 1 amide bonds. The highest BCUT2D eigenvalue weighted by atomic mass is 16.1. The van der Waals surface area contributed by atoms with Crippen LogP contribution in [0.4, 0.5) is 5.82 Å². The quantitative estimate of drug-likeness (QED) is 0.391. The summed E-state index contributed by atoms with van der Waals surface area (Å²) in [5, 5.41) is 2.78. The number of aromatic nitrogens is 5. The van der Waals surface area contributed by atoms with Gasteiger partial charge in [-0.15, -0.1) is 0 Å². The number of nitrogen functional groups attached to an aromatic ring is 1. The van der Waals surface area contributed by atoms with Crippen LogP contribution >= 0.6 is 0 Å². The number of hydrogen-bond donors (Lipinski definition) is 2. The number of anilines is 1. The van der Waals surface area contributed by atoms with Crippen LogP contribution in [0, 0.1) is 5.92 Å². The molecule has 0 aliphatic heterocycles. The first-order valence-electron chi connectivity index (χ1n) is 12.3. The van der Waals surface area contributed by atoms with Gasteiger partial charge in [0.1, 0.15) is 17.2 Å². The summed E-state index contributed by atoms with van der Waals surface area (Å²) in [6.07, 6.45) is 9.17. The molecule has 180 valence electrons. The molecule has 0 radical (unpaired) electrons. The van der Waals surface area contributed by atoms with E-state index in [1.165, 1.54) is 0 Å². The maximum absolute atomic E-state index is 12.0. The molecule has 5 aromatic rings. The second-order valence-electron chi connectivity index (χ2n) is 9.37. The fourth-order valence-electron chi connectivity index (χ4n) is 5.22. The molecule has 3 heterocycles. The van der Waals surface area contributed by atoms with Gasteiger partial charge in [-0.25, -0.2) is 15.0 Å². The lowest BCUT2D eigenvalue weighted by Gasteiger charge is -2.26. The molecule has 1 fully saturated rings. The van der Waals surface area contributed by atoms with Crippen molar-refractivity contribution in [3.63, 3.8) is 0 Å². The highest BCUT2D eigenvalue weighted by Crippen LogP contribution is 2.36. The van der Waals surface area contributed by atoms with Crippen LogP contribution in [0.3, 0.4) is 0 Å². The lowest BCUT2D eigenvalue weighted by molar-refractivity contribution is -0.125. The van der Waals surface area contributed by atoms with Crippen molar-refractivity contribution in [1.29, 1.82) is 0 Å². The van der Waals surface area contributed by atoms with E-state index in [9.17, 15) is 4.79 Å². The van der Waals surface area contributed by atoms with Crippen LogP contribution in [0.15, 0.2) is 67.1 Å². The zero-order valence-corrected chi connectivity index (χ0v) is 20.1. The van der Waals surface area contributed by atoms with Gasteiger partial charge < -0.3 is 11.1 Å². The minimum atomic E-state index is 0.0826. The third-order valence-corrected chi connectivity index (χ3v) is 7.20. The Labute approximate surface area is 208 Å². The first kappa shape index (κ1) is 22.2. The Morgan fingerprint density at radius 1 is 0.917 bits per heavy atom. The van der Waals surface area contributed by atoms with Gasteiger partial charge in [-0.1, -0.05) is 36.4 Å². The van der Waals surface area contributed by atoms with Gasteiger partial charge in [-0.2, -0.15) is 0 Å². The second kappa shape index (κ2) is 9.03. The SMILES string of the molecule is CNC(=O)C1CCC(c2ncc3c(N)nc(-c4ccc5ncc(-c6ccccc6)nc5c4)cn23)CC1. The molecule has 8 nitrogen and oxygen atoms in total. The number of nitrogens with one attached hydrogen (secondary N) is 1. The van der Waals surface area contributed by atoms with Gasteiger partial charge in [0, 0.05) is 36.2 Å². The summed E-state index contributed by atoms with van der Waals surface area (Å²) in [6, 6.07) is 16.0. The number of carbonyl (C=O) groups is 1. The first-order valence-corrected chi connectivity index (χ1v) is 12.3. The maximum atomic E-state index is 12.0. The summed E-state index contributed by atoms with van der Waals surface area (Å²) < 4.78 is 2.07. The molecule has 0 saturated heterocycles. The molecular formula is C28H27N7O. The Hall–Kier alpha value is -4.33. The number of carbonyl (C=O) groups excluding carboxylic acids is 1. The van der Waals surface area contributed by atoms with E-state index < -0.39 is 0 Å². The Bertz CT molecular complexity index is 1570. The van der Waals surface area contributed by atoms with Crippen molar-refractivity contribution in [3.8, 4) is 22.5 Å². The van der Waals surface area contributed by atoms with E-state index in [0.29, 0.717) is 5.82 Å². The molecule has 3 aromatic heterocycles. The summed E-state index contributed by atoms with van der Waals surface area (Å²) in [6.45, 7) is 0. The number of imidazole rings is 1. The minimum Gasteiger partial charge on any atom is -0.382 e. The molecule has 8 heteroatoms. The first-order chi connectivity index (χ1) is 17.6. The van der Waals surface area contributed by atoms with Crippen LogP contribution in [0.2, 0.25) is 0 Å². The van der Waals surface area contributed by atoms with Crippen molar-refractivity contribution in [2.24, 2.45) is 5.92 Å². The molecule has 0 unspecified atom stereocenters. The van der Waals surface area contributed by atoms with Crippen molar-refractivity contribution in [3.05, 3.63) is 72.9 Å². The number of rotatable bonds is 4. The summed E-state index contributed by atoms with van der Waals surface area (Å²) in [7, 11) is 1.70. The van der Waals surface area contributed by atoms with E-state index in [0.717, 1.165) is 70.6 Å². The van der Waals surface area contributed by atoms with Gasteiger partial charge in [0.25, 0.3) is 0 Å². The van der Waals surface area contributed by atoms with Crippen LogP contribution in [-0.4, -0.2) is 37.3 Å². The Morgan fingerprint density at radius 3 is 2.50 bits per heavy atom. The topological polar surface area (TPSA) is 111 Å². The van der Waals surface area contributed by atoms with Gasteiger partial charge in [0.15, 0.2) is 0 Å². The Balaban J connectivity index is 1.36. The van der Waals surface area contributed by atoms with E-state index in [4.69, 9.17) is 15.7 Å². The fourth-order valence-corrected chi connectivity index (χ4v) is 5.22. The van der Waals surface area contributed by atoms with Crippen LogP contribution < -0.4 is 11.1 Å². The van der Waals surface area contributed by atoms with Gasteiger partial charge in [0.2, 0.25) is 5.91 Å². The average molecular weight is 478 g/mol. The van der Waals surface area contributed by atoms with Gasteiger partial charge in [-0.05, 0) is 37.8 Å². The predicted molar refractivity (Wildman–Crippen MR) is 140 cm³/mol. The largest absolute Gasteiger partial charge is 0.382 e. The molecule has 3 N–H and O–H groups in total. The number of benzene rings is 2. The van der Waals surface area contributed by atoms with E-state index in [1.54, 1.807) is 19.4 Å². The molecule has 1 saturated carbocycles. The normalized spacial score (nSPS) is 17.9. The number of nitrogens with two attached hydrogens (primary N) is 1. The highest BCUT2D eigenvalue weighted by Gasteiger charge is 2.29. The number of hydrogen-bond acceptors (Lipinski definition) is 6. The van der Waals surface area contributed by atoms with Crippen molar-refractivity contribution < 1.29 is 4.79 Å². The van der Waals surface area contributed by atoms with E-state index >= 15 is 0 Å². The van der Waals surface area contributed by atoms with E-state index in [-0.39, 0.29) is 17.7 Å². The summed E-state index contributed by atoms with van der Waals surface area (Å²) in [5.74, 6) is 1.90. The molecule has 1 aliphatic carbocycles. The number of nitrogens with zero attached hydrogens (tertiary/aromatic N) is 5. The molecular weight excluding hydrogens is 450 g/mol. The maximum Gasteiger partial charge on any atom is 0.222 e. The molecule has 6 rings (SSSR count). The average Bonchev–Trinajstić information content (AvgIpc) is 3.37. The molecule has 0 spiro atoms. The fraction of sp³-hybridized carbons (Fsp3) is 0.250. The smallest absolute Gasteiger partial charge is 0.222 e. The van der Waals surface area contributed by atoms with Crippen LogP contribution in [0.25, 0.3) is 39.1 Å². The zero-order valence-electron chi connectivity index (χ0n) is 20.1. The number of amides is 1. The van der Waals surface area contributed by atoms with Gasteiger partial charge in [0.05, 0.1) is 34.8 Å². The van der Waals surface area contributed by atoms with Crippen molar-refractivity contribution in [1.82, 2.24) is 29.7 Å². The molecule has 0 bridgehead atoms. The summed E-state index contributed by atoms with van der Waals surface area (Å²) >= 11 is 0. The Kier molecular flexibility index (Phi) is 5.56. The predicted octanol–water partition coefficient (Wildman–Crippen LogP) is 4.61.